The van der Waals surface area contributed by atoms with Gasteiger partial charge in [0.25, 0.3) is 5.91 Å². The van der Waals surface area contributed by atoms with Crippen molar-refractivity contribution < 1.29 is 19.1 Å². The average Bonchev–Trinajstić information content (AvgIpc) is 3.01. The molecular weight excluding hydrogens is 420 g/mol. The molecule has 1 heterocycles. The van der Waals surface area contributed by atoms with Gasteiger partial charge in [-0.25, -0.2) is 4.79 Å². The Morgan fingerprint density at radius 1 is 1.17 bits per heavy atom. The number of amides is 2. The highest BCUT2D eigenvalue weighted by Crippen LogP contribution is 2.34. The van der Waals surface area contributed by atoms with Crippen LogP contribution >= 0.6 is 24.0 Å². The largest absolute Gasteiger partial charge is 0.462 e. The van der Waals surface area contributed by atoms with Crippen molar-refractivity contribution in [3.05, 3.63) is 70.6 Å². The van der Waals surface area contributed by atoms with Crippen molar-refractivity contribution in [2.45, 2.75) is 19.9 Å². The lowest BCUT2D eigenvalue weighted by atomic mass is 10.2. The van der Waals surface area contributed by atoms with Gasteiger partial charge in [0.1, 0.15) is 10.4 Å². The highest BCUT2D eigenvalue weighted by molar-refractivity contribution is 8.26. The third-order valence-electron chi connectivity index (χ3n) is 4.35. The maximum atomic E-state index is 12.8. The molecule has 3 rings (SSSR count). The van der Waals surface area contributed by atoms with Gasteiger partial charge in [0.15, 0.2) is 0 Å². The minimum absolute atomic E-state index is 0.289. The molecule has 0 aliphatic carbocycles. The topological polar surface area (TPSA) is 75.7 Å². The lowest BCUT2D eigenvalue weighted by Gasteiger charge is -2.22. The third kappa shape index (κ3) is 4.95. The summed E-state index contributed by atoms with van der Waals surface area (Å²) >= 11 is 6.51. The molecule has 1 saturated heterocycles. The Hall–Kier alpha value is -2.97. The summed E-state index contributed by atoms with van der Waals surface area (Å²) < 4.78 is 5.27. The fourth-order valence-corrected chi connectivity index (χ4v) is 4.20. The molecule has 1 N–H and O–H groups in total. The maximum absolute atomic E-state index is 12.8. The van der Waals surface area contributed by atoms with Crippen LogP contribution in [0.15, 0.2) is 59.5 Å². The summed E-state index contributed by atoms with van der Waals surface area (Å²) in [6.07, 6.45) is 1.76. The number of carbonyl (C=O) groups is 3. The van der Waals surface area contributed by atoms with Gasteiger partial charge in [-0.15, -0.1) is 0 Å². The van der Waals surface area contributed by atoms with E-state index in [9.17, 15) is 14.4 Å². The van der Waals surface area contributed by atoms with E-state index in [4.69, 9.17) is 17.0 Å². The van der Waals surface area contributed by atoms with Crippen molar-refractivity contribution >= 4 is 57.8 Å². The number of thiocarbonyl (C=S) groups is 1. The number of ether oxygens (including phenoxy) is 1. The summed E-state index contributed by atoms with van der Waals surface area (Å²) in [4.78, 5) is 39.0. The van der Waals surface area contributed by atoms with Crippen LogP contribution in [0, 0.1) is 0 Å². The number of hydrogen-bond donors (Lipinski definition) is 1. The van der Waals surface area contributed by atoms with Gasteiger partial charge in [-0.05, 0) is 49.8 Å². The van der Waals surface area contributed by atoms with Gasteiger partial charge in [-0.2, -0.15) is 0 Å². The van der Waals surface area contributed by atoms with Crippen molar-refractivity contribution in [1.29, 1.82) is 0 Å². The number of thioether (sulfide) groups is 1. The smallest absolute Gasteiger partial charge is 0.338 e. The molecule has 1 atom stereocenters. The summed E-state index contributed by atoms with van der Waals surface area (Å²) in [7, 11) is 0. The lowest BCUT2D eigenvalue weighted by molar-refractivity contribution is -0.129. The van der Waals surface area contributed by atoms with E-state index in [1.807, 2.05) is 30.3 Å². The van der Waals surface area contributed by atoms with Crippen LogP contribution in [-0.2, 0) is 14.3 Å². The fraction of sp³-hybridized carbons (Fsp3) is 0.182. The second-order valence-electron chi connectivity index (χ2n) is 6.43. The number of anilines is 1. The maximum Gasteiger partial charge on any atom is 0.338 e. The zero-order chi connectivity index (χ0) is 21.7. The number of hydrogen-bond acceptors (Lipinski definition) is 6. The van der Waals surface area contributed by atoms with Crippen LogP contribution in [0.4, 0.5) is 5.69 Å². The van der Waals surface area contributed by atoms with Crippen LogP contribution in [0.2, 0.25) is 0 Å². The van der Waals surface area contributed by atoms with Gasteiger partial charge in [0.2, 0.25) is 5.91 Å². The van der Waals surface area contributed by atoms with Crippen LogP contribution in [-0.4, -0.2) is 39.7 Å². The van der Waals surface area contributed by atoms with Crippen LogP contribution in [0.3, 0.4) is 0 Å². The molecule has 1 aliphatic heterocycles. The summed E-state index contributed by atoms with van der Waals surface area (Å²) in [6.45, 7) is 3.65. The molecular formula is C22H20N2O4S2. The normalized spacial score (nSPS) is 15.9. The van der Waals surface area contributed by atoms with Crippen molar-refractivity contribution in [3.8, 4) is 0 Å². The predicted octanol–water partition coefficient (Wildman–Crippen LogP) is 4.09. The Morgan fingerprint density at radius 2 is 1.83 bits per heavy atom. The SMILES string of the molecule is CCOC(=O)c1ccc(NC(=O)C(C)N2C(=O)/C(=C/c3ccccc3)SC2=S)cc1. The van der Waals surface area contributed by atoms with E-state index in [0.717, 1.165) is 5.56 Å². The van der Waals surface area contributed by atoms with E-state index >= 15 is 0 Å². The van der Waals surface area contributed by atoms with Crippen LogP contribution < -0.4 is 5.32 Å². The molecule has 0 aromatic heterocycles. The Balaban J connectivity index is 1.68. The Kier molecular flexibility index (Phi) is 7.02. The first-order valence-electron chi connectivity index (χ1n) is 9.31. The van der Waals surface area contributed by atoms with Gasteiger partial charge in [-0.3, -0.25) is 14.5 Å². The second kappa shape index (κ2) is 9.69. The molecule has 1 unspecified atom stereocenters. The highest BCUT2D eigenvalue weighted by Gasteiger charge is 2.38. The minimum Gasteiger partial charge on any atom is -0.462 e. The highest BCUT2D eigenvalue weighted by atomic mass is 32.2. The average molecular weight is 441 g/mol. The standard InChI is InChI=1S/C22H20N2O4S2/c1-3-28-21(27)16-9-11-17(12-10-16)23-19(25)14(2)24-20(26)18(30-22(24)29)13-15-7-5-4-6-8-15/h4-14H,3H2,1-2H3,(H,23,25)/b18-13-. The molecule has 1 aliphatic rings. The number of nitrogens with one attached hydrogen (secondary N) is 1. The van der Waals surface area contributed by atoms with E-state index < -0.39 is 12.0 Å². The van der Waals surface area contributed by atoms with Crippen molar-refractivity contribution in [2.24, 2.45) is 0 Å². The zero-order valence-corrected chi connectivity index (χ0v) is 18.1. The monoisotopic (exact) mass is 440 g/mol. The number of esters is 1. The molecule has 2 aromatic carbocycles. The summed E-state index contributed by atoms with van der Waals surface area (Å²) in [5.74, 6) is -1.10. The van der Waals surface area contributed by atoms with Gasteiger partial charge >= 0.3 is 5.97 Å². The number of nitrogens with zero attached hydrogens (tertiary/aromatic N) is 1. The molecule has 6 nitrogen and oxygen atoms in total. The van der Waals surface area contributed by atoms with Crippen LogP contribution in [0.25, 0.3) is 6.08 Å². The molecule has 0 radical (unpaired) electrons. The van der Waals surface area contributed by atoms with E-state index in [2.05, 4.69) is 5.32 Å². The zero-order valence-electron chi connectivity index (χ0n) is 16.5. The van der Waals surface area contributed by atoms with Gasteiger partial charge < -0.3 is 10.1 Å². The first kappa shape index (κ1) is 21.7. The van der Waals surface area contributed by atoms with Crippen molar-refractivity contribution in [3.63, 3.8) is 0 Å². The van der Waals surface area contributed by atoms with Crippen molar-refractivity contribution in [2.75, 3.05) is 11.9 Å². The second-order valence-corrected chi connectivity index (χ2v) is 8.10. The Labute approximate surface area is 184 Å². The molecule has 0 spiro atoms. The number of carbonyl (C=O) groups excluding carboxylic acids is 3. The first-order valence-corrected chi connectivity index (χ1v) is 10.5. The Bertz CT molecular complexity index is 1000. The molecule has 154 valence electrons. The molecule has 0 saturated carbocycles. The van der Waals surface area contributed by atoms with Gasteiger partial charge in [0.05, 0.1) is 17.1 Å². The quantitative estimate of drug-likeness (QED) is 0.414. The summed E-state index contributed by atoms with van der Waals surface area (Å²) in [5, 5.41) is 2.75. The first-order chi connectivity index (χ1) is 14.4. The molecule has 0 bridgehead atoms. The third-order valence-corrected chi connectivity index (χ3v) is 5.68. The van der Waals surface area contributed by atoms with E-state index in [0.29, 0.717) is 20.5 Å². The van der Waals surface area contributed by atoms with Crippen LogP contribution in [0.1, 0.15) is 29.8 Å². The molecule has 2 amide bonds. The predicted molar refractivity (Wildman–Crippen MR) is 122 cm³/mol. The fourth-order valence-electron chi connectivity index (χ4n) is 2.78. The van der Waals surface area contributed by atoms with Gasteiger partial charge in [-0.1, -0.05) is 54.3 Å². The number of benzene rings is 2. The lowest BCUT2D eigenvalue weighted by Crippen LogP contribution is -2.44. The molecule has 8 heteroatoms. The van der Waals surface area contributed by atoms with E-state index in [-0.39, 0.29) is 18.4 Å². The van der Waals surface area contributed by atoms with Crippen LogP contribution in [0.5, 0.6) is 0 Å². The Morgan fingerprint density at radius 3 is 2.47 bits per heavy atom. The minimum atomic E-state index is -0.788. The molecule has 30 heavy (non-hydrogen) atoms. The summed E-state index contributed by atoms with van der Waals surface area (Å²) in [6, 6.07) is 15.0. The van der Waals surface area contributed by atoms with E-state index in [1.165, 1.54) is 16.7 Å². The molecule has 1 fully saturated rings. The van der Waals surface area contributed by atoms with E-state index in [1.54, 1.807) is 44.2 Å². The summed E-state index contributed by atoms with van der Waals surface area (Å²) in [5.41, 5.74) is 1.79. The van der Waals surface area contributed by atoms with Gasteiger partial charge in [0, 0.05) is 5.69 Å². The molecule has 2 aromatic rings. The number of rotatable bonds is 6. The van der Waals surface area contributed by atoms with Crippen molar-refractivity contribution in [1.82, 2.24) is 4.90 Å².